The summed E-state index contributed by atoms with van der Waals surface area (Å²) in [6, 6.07) is 7.72. The van der Waals surface area contributed by atoms with Gasteiger partial charge < -0.3 is 0 Å². The van der Waals surface area contributed by atoms with Crippen LogP contribution < -0.4 is 0 Å². The zero-order valence-electron chi connectivity index (χ0n) is 9.16. The Hall–Kier alpha value is -0.790. The van der Waals surface area contributed by atoms with E-state index < -0.39 is 0 Å². The first-order valence-electron chi connectivity index (χ1n) is 4.82. The van der Waals surface area contributed by atoms with Crippen LogP contribution in [0.2, 0.25) is 0 Å². The summed E-state index contributed by atoms with van der Waals surface area (Å²) in [7, 11) is 0. The van der Waals surface area contributed by atoms with E-state index in [0.717, 1.165) is 10.5 Å². The average Bonchev–Trinajstić information content (AvgIpc) is 2.28. The minimum atomic E-state index is -0.218. The first kappa shape index (κ1) is 13.3. The minimum absolute atomic E-state index is 0.0258. The molecule has 0 radical (unpaired) electrons. The van der Waals surface area contributed by atoms with E-state index in [9.17, 15) is 4.79 Å². The summed E-state index contributed by atoms with van der Waals surface area (Å²) < 4.78 is 0. The standard InChI is InChI=1S/C12H12BrNOS/c1-8(13)12(15)11-4-3-10(16-2)7-9(11)5-6-14/h3-4,7-8H,5H2,1-2H3. The molecule has 1 rings (SSSR count). The second kappa shape index (κ2) is 6.07. The van der Waals surface area contributed by atoms with Crippen molar-refractivity contribution in [2.24, 2.45) is 0 Å². The molecule has 0 aliphatic rings. The monoisotopic (exact) mass is 297 g/mol. The molecule has 84 valence electrons. The summed E-state index contributed by atoms with van der Waals surface area (Å²) in [4.78, 5) is 12.7. The van der Waals surface area contributed by atoms with Crippen LogP contribution in [0, 0.1) is 11.3 Å². The van der Waals surface area contributed by atoms with Gasteiger partial charge in [-0.2, -0.15) is 5.26 Å². The highest BCUT2D eigenvalue weighted by molar-refractivity contribution is 9.10. The van der Waals surface area contributed by atoms with E-state index in [0.29, 0.717) is 5.56 Å². The summed E-state index contributed by atoms with van der Waals surface area (Å²) >= 11 is 4.86. The number of rotatable bonds is 4. The molecular formula is C12H12BrNOS. The Morgan fingerprint density at radius 2 is 2.31 bits per heavy atom. The van der Waals surface area contributed by atoms with Crippen LogP contribution in [0.3, 0.4) is 0 Å². The van der Waals surface area contributed by atoms with Crippen molar-refractivity contribution in [3.05, 3.63) is 29.3 Å². The molecule has 1 unspecified atom stereocenters. The number of benzene rings is 1. The predicted octanol–water partition coefficient (Wildman–Crippen LogP) is 3.44. The molecule has 1 atom stereocenters. The molecule has 0 saturated carbocycles. The van der Waals surface area contributed by atoms with Gasteiger partial charge in [0.1, 0.15) is 0 Å². The van der Waals surface area contributed by atoms with Crippen molar-refractivity contribution in [2.45, 2.75) is 23.1 Å². The smallest absolute Gasteiger partial charge is 0.176 e. The second-order valence-electron chi connectivity index (χ2n) is 3.34. The maximum Gasteiger partial charge on any atom is 0.176 e. The number of carbonyl (C=O) groups is 1. The quantitative estimate of drug-likeness (QED) is 0.486. The van der Waals surface area contributed by atoms with Gasteiger partial charge in [0, 0.05) is 10.5 Å². The Balaban J connectivity index is 3.18. The lowest BCUT2D eigenvalue weighted by molar-refractivity contribution is 0.0995. The number of Topliss-reactive ketones (excluding diaryl/α,β-unsaturated/α-hetero) is 1. The first-order chi connectivity index (χ1) is 7.60. The summed E-state index contributed by atoms with van der Waals surface area (Å²) in [6.45, 7) is 1.79. The fourth-order valence-electron chi connectivity index (χ4n) is 1.38. The van der Waals surface area contributed by atoms with E-state index in [4.69, 9.17) is 5.26 Å². The summed E-state index contributed by atoms with van der Waals surface area (Å²) in [5.41, 5.74) is 1.45. The lowest BCUT2D eigenvalue weighted by Gasteiger charge is -2.09. The Bertz CT molecular complexity index is 437. The number of carbonyl (C=O) groups excluding carboxylic acids is 1. The molecule has 0 aliphatic carbocycles. The van der Waals surface area contributed by atoms with Crippen molar-refractivity contribution in [3.8, 4) is 6.07 Å². The maximum atomic E-state index is 11.9. The molecule has 0 bridgehead atoms. The van der Waals surface area contributed by atoms with Crippen molar-refractivity contribution in [2.75, 3.05) is 6.26 Å². The average molecular weight is 298 g/mol. The van der Waals surface area contributed by atoms with E-state index in [1.807, 2.05) is 18.4 Å². The number of thioether (sulfide) groups is 1. The van der Waals surface area contributed by atoms with Crippen molar-refractivity contribution in [3.63, 3.8) is 0 Å². The third kappa shape index (κ3) is 3.10. The molecule has 2 nitrogen and oxygen atoms in total. The molecule has 0 saturated heterocycles. The SMILES string of the molecule is CSc1ccc(C(=O)C(C)Br)c(CC#N)c1. The van der Waals surface area contributed by atoms with Gasteiger partial charge in [-0.05, 0) is 36.9 Å². The van der Waals surface area contributed by atoms with Crippen LogP contribution in [-0.4, -0.2) is 16.9 Å². The molecule has 16 heavy (non-hydrogen) atoms. The van der Waals surface area contributed by atoms with E-state index >= 15 is 0 Å². The lowest BCUT2D eigenvalue weighted by Crippen LogP contribution is -2.12. The number of nitrogens with zero attached hydrogens (tertiary/aromatic N) is 1. The van der Waals surface area contributed by atoms with Gasteiger partial charge in [0.25, 0.3) is 0 Å². The molecule has 0 heterocycles. The van der Waals surface area contributed by atoms with Gasteiger partial charge >= 0.3 is 0 Å². The molecule has 0 fully saturated rings. The van der Waals surface area contributed by atoms with Gasteiger partial charge in [0.2, 0.25) is 0 Å². The van der Waals surface area contributed by atoms with Crippen LogP contribution >= 0.6 is 27.7 Å². The highest BCUT2D eigenvalue weighted by Gasteiger charge is 2.16. The van der Waals surface area contributed by atoms with Gasteiger partial charge in [0.15, 0.2) is 5.78 Å². The van der Waals surface area contributed by atoms with Crippen LogP contribution in [0.15, 0.2) is 23.1 Å². The number of ketones is 1. The highest BCUT2D eigenvalue weighted by Crippen LogP contribution is 2.22. The van der Waals surface area contributed by atoms with Gasteiger partial charge in [-0.3, -0.25) is 4.79 Å². The Morgan fingerprint density at radius 1 is 1.62 bits per heavy atom. The van der Waals surface area contributed by atoms with E-state index in [1.165, 1.54) is 0 Å². The topological polar surface area (TPSA) is 40.9 Å². The molecule has 0 spiro atoms. The Kier molecular flexibility index (Phi) is 5.04. The van der Waals surface area contributed by atoms with Crippen molar-refractivity contribution < 1.29 is 4.79 Å². The van der Waals surface area contributed by atoms with Gasteiger partial charge in [-0.15, -0.1) is 11.8 Å². The second-order valence-corrected chi connectivity index (χ2v) is 5.59. The summed E-state index contributed by atoms with van der Waals surface area (Å²) in [5, 5.41) is 8.75. The van der Waals surface area contributed by atoms with Crippen LogP contribution in [-0.2, 0) is 6.42 Å². The van der Waals surface area contributed by atoms with Crippen LogP contribution in [0.25, 0.3) is 0 Å². The molecule has 4 heteroatoms. The molecule has 0 N–H and O–H groups in total. The van der Waals surface area contributed by atoms with Crippen LogP contribution in [0.5, 0.6) is 0 Å². The van der Waals surface area contributed by atoms with Crippen LogP contribution in [0.1, 0.15) is 22.8 Å². The van der Waals surface area contributed by atoms with E-state index in [2.05, 4.69) is 22.0 Å². The zero-order chi connectivity index (χ0) is 12.1. The number of halogens is 1. The lowest BCUT2D eigenvalue weighted by atomic mass is 10.0. The highest BCUT2D eigenvalue weighted by atomic mass is 79.9. The molecular weight excluding hydrogens is 286 g/mol. The summed E-state index contributed by atoms with van der Waals surface area (Å²) in [5.74, 6) is 0.0258. The van der Waals surface area contributed by atoms with Crippen molar-refractivity contribution in [1.82, 2.24) is 0 Å². The Morgan fingerprint density at radius 3 is 2.81 bits per heavy atom. The van der Waals surface area contributed by atoms with Crippen molar-refractivity contribution in [1.29, 1.82) is 5.26 Å². The third-order valence-electron chi connectivity index (χ3n) is 2.21. The molecule has 1 aromatic rings. The normalized spacial score (nSPS) is 11.9. The van der Waals surface area contributed by atoms with E-state index in [-0.39, 0.29) is 17.0 Å². The van der Waals surface area contributed by atoms with Gasteiger partial charge in [-0.25, -0.2) is 0 Å². The molecule has 0 aromatic heterocycles. The minimum Gasteiger partial charge on any atom is -0.293 e. The van der Waals surface area contributed by atoms with Crippen LogP contribution in [0.4, 0.5) is 0 Å². The molecule has 0 amide bonds. The van der Waals surface area contributed by atoms with E-state index in [1.54, 1.807) is 24.8 Å². The fraction of sp³-hybridized carbons (Fsp3) is 0.333. The fourth-order valence-corrected chi connectivity index (χ4v) is 2.09. The van der Waals surface area contributed by atoms with Gasteiger partial charge in [0.05, 0.1) is 17.3 Å². The number of alkyl halides is 1. The maximum absolute atomic E-state index is 11.9. The molecule has 1 aromatic carbocycles. The zero-order valence-corrected chi connectivity index (χ0v) is 11.6. The van der Waals surface area contributed by atoms with Gasteiger partial charge in [-0.1, -0.05) is 15.9 Å². The third-order valence-corrected chi connectivity index (χ3v) is 3.35. The predicted molar refractivity (Wildman–Crippen MR) is 70.3 cm³/mol. The molecule has 0 aliphatic heterocycles. The largest absolute Gasteiger partial charge is 0.293 e. The summed E-state index contributed by atoms with van der Waals surface area (Å²) in [6.07, 6.45) is 2.25. The Labute approximate surface area is 108 Å². The number of hydrogen-bond acceptors (Lipinski definition) is 3. The van der Waals surface area contributed by atoms with Crippen molar-refractivity contribution >= 4 is 33.5 Å². The number of hydrogen-bond donors (Lipinski definition) is 0. The first-order valence-corrected chi connectivity index (χ1v) is 6.96. The number of nitriles is 1.